The van der Waals surface area contributed by atoms with Crippen LogP contribution < -0.4 is 11.7 Å². The van der Waals surface area contributed by atoms with Crippen molar-refractivity contribution >= 4 is 49.8 Å². The van der Waals surface area contributed by atoms with E-state index < -0.39 is 19.3 Å². The van der Waals surface area contributed by atoms with Gasteiger partial charge in [0.15, 0.2) is 0 Å². The van der Waals surface area contributed by atoms with Gasteiger partial charge >= 0.3 is 137 Å². The van der Waals surface area contributed by atoms with Crippen molar-refractivity contribution in [2.75, 3.05) is 21.4 Å². The number of likely N-dealkylation sites (N-methyl/N-ethyl adjacent to an activating group) is 1. The molecule has 0 spiro atoms. The average Bonchev–Trinajstić information content (AvgIpc) is 3.09. The van der Waals surface area contributed by atoms with Gasteiger partial charge in [-0.05, 0) is 0 Å². The van der Waals surface area contributed by atoms with Crippen LogP contribution in [0.15, 0.2) is 65.7 Å². The second kappa shape index (κ2) is 5.21. The summed E-state index contributed by atoms with van der Waals surface area (Å²) in [4.78, 5) is 3.74. The molecule has 0 radical (unpaired) electrons. The van der Waals surface area contributed by atoms with Gasteiger partial charge in [-0.2, -0.15) is 0 Å². The van der Waals surface area contributed by atoms with Crippen LogP contribution in [0.3, 0.4) is 0 Å². The van der Waals surface area contributed by atoms with E-state index in [2.05, 4.69) is 82.2 Å². The molecule has 0 fully saturated rings. The van der Waals surface area contributed by atoms with E-state index in [0.29, 0.717) is 0 Å². The van der Waals surface area contributed by atoms with E-state index in [0.717, 1.165) is 0 Å². The minimum absolute atomic E-state index is 1.32. The monoisotopic (exact) mass is 410 g/mol. The number of hydrogen-bond donors (Lipinski definition) is 0. The van der Waals surface area contributed by atoms with Crippen LogP contribution in [0.5, 0.6) is 0 Å². The molecule has 0 N–H and O–H groups in total. The molecule has 106 valence electrons. The zero-order valence-electron chi connectivity index (χ0n) is 12.0. The summed E-state index contributed by atoms with van der Waals surface area (Å²) in [6.07, 6.45) is 6.72. The molecular weight excluding hydrogens is 392 g/mol. The molecule has 0 aliphatic carbocycles. The molecule has 2 aliphatic rings. The predicted molar refractivity (Wildman–Crippen MR) is 95.1 cm³/mol. The van der Waals surface area contributed by atoms with Crippen molar-refractivity contribution in [1.82, 2.24) is 0 Å². The average molecular weight is 408 g/mol. The van der Waals surface area contributed by atoms with Crippen molar-refractivity contribution in [1.29, 1.82) is 0 Å². The number of hydrogen-bond acceptors (Lipinski definition) is 3. The quantitative estimate of drug-likeness (QED) is 0.558. The van der Waals surface area contributed by atoms with Crippen LogP contribution >= 0.6 is 11.8 Å². The number of nitrogens with zero attached hydrogens (tertiary/aromatic N) is 2. The number of anilines is 2. The third-order valence-corrected chi connectivity index (χ3v) is 11.1. The fourth-order valence-corrected chi connectivity index (χ4v) is 9.73. The first-order valence-electron chi connectivity index (χ1n) is 6.85. The van der Waals surface area contributed by atoms with Crippen LogP contribution in [-0.2, 0) is 0 Å². The van der Waals surface area contributed by atoms with Gasteiger partial charge in [-0.1, -0.05) is 0 Å². The molecule has 0 bridgehead atoms. The van der Waals surface area contributed by atoms with Gasteiger partial charge in [-0.3, -0.25) is 0 Å². The van der Waals surface area contributed by atoms with Crippen LogP contribution in [0.1, 0.15) is 0 Å². The number of rotatable bonds is 2. The Morgan fingerprint density at radius 1 is 1.05 bits per heavy atom. The van der Waals surface area contributed by atoms with Crippen molar-refractivity contribution in [2.45, 2.75) is 4.90 Å². The van der Waals surface area contributed by atoms with Crippen molar-refractivity contribution in [2.24, 2.45) is 0 Å². The maximum atomic E-state index is 2.53. The van der Waals surface area contributed by atoms with Crippen LogP contribution in [0.2, 0.25) is 0 Å². The Morgan fingerprint density at radius 2 is 1.86 bits per heavy atom. The van der Waals surface area contributed by atoms with Crippen LogP contribution in [0.4, 0.5) is 11.4 Å². The van der Waals surface area contributed by atoms with E-state index in [4.69, 9.17) is 0 Å². The topological polar surface area (TPSA) is 6.48 Å². The fourth-order valence-electron chi connectivity index (χ4n) is 2.75. The zero-order valence-corrected chi connectivity index (χ0v) is 15.1. The number of thioether (sulfide) groups is 1. The summed E-state index contributed by atoms with van der Waals surface area (Å²) in [5.74, 6) is 0. The van der Waals surface area contributed by atoms with Gasteiger partial charge in [0.05, 0.1) is 0 Å². The molecular formula is C17H16N2STe. The van der Waals surface area contributed by atoms with E-state index in [-0.39, 0.29) is 0 Å². The molecule has 2 aromatic rings. The second-order valence-corrected chi connectivity index (χ2v) is 11.1. The Bertz CT molecular complexity index is 768. The summed E-state index contributed by atoms with van der Waals surface area (Å²) in [6.45, 7) is 0. The molecule has 2 heterocycles. The first kappa shape index (κ1) is 13.5. The van der Waals surface area contributed by atoms with Crippen LogP contribution in [-0.4, -0.2) is 36.3 Å². The minimum atomic E-state index is -1.68. The molecule has 4 heteroatoms. The van der Waals surface area contributed by atoms with Gasteiger partial charge in [0.2, 0.25) is 0 Å². The molecule has 21 heavy (non-hydrogen) atoms. The summed E-state index contributed by atoms with van der Waals surface area (Å²) >= 11 is 0.133. The van der Waals surface area contributed by atoms with Gasteiger partial charge in [-0.25, -0.2) is 0 Å². The van der Waals surface area contributed by atoms with Gasteiger partial charge in [0.25, 0.3) is 0 Å². The second-order valence-electron chi connectivity index (χ2n) is 4.99. The van der Waals surface area contributed by atoms with Gasteiger partial charge in [-0.15, -0.1) is 0 Å². The molecule has 0 atom stereocenters. The Balaban J connectivity index is 1.83. The summed E-state index contributed by atoms with van der Waals surface area (Å²) < 4.78 is 5.61. The fraction of sp³-hybridized carbons (Fsp3) is 0.118. The third-order valence-electron chi connectivity index (χ3n) is 3.82. The van der Waals surface area contributed by atoms with Crippen molar-refractivity contribution in [3.8, 4) is 0 Å². The molecule has 0 saturated carbocycles. The van der Waals surface area contributed by atoms with E-state index in [1.807, 2.05) is 11.8 Å². The van der Waals surface area contributed by atoms with E-state index in [1.54, 1.807) is 3.61 Å². The molecule has 0 unspecified atom stereocenters. The van der Waals surface area contributed by atoms with Gasteiger partial charge in [0, 0.05) is 0 Å². The van der Waals surface area contributed by atoms with Crippen LogP contribution in [0, 0.1) is 0 Å². The van der Waals surface area contributed by atoms with Crippen molar-refractivity contribution in [3.05, 3.63) is 60.8 Å². The zero-order chi connectivity index (χ0) is 14.4. The first-order valence-corrected chi connectivity index (χ1v) is 11.4. The number of fused-ring (bicyclic) bond motifs is 2. The van der Waals surface area contributed by atoms with Crippen molar-refractivity contribution in [3.63, 3.8) is 0 Å². The molecule has 0 aromatic heterocycles. The Kier molecular flexibility index (Phi) is 3.34. The standard InChI is InChI=1S/C17H16N2STe/c1-18-15-12-14(20-2)8-9-16(15)21-17(18)10-11-19(21)13-6-4-3-5-7-13/h3-12H,1-2H3. The molecule has 2 nitrogen and oxygen atoms in total. The normalized spacial score (nSPS) is 16.6. The van der Waals surface area contributed by atoms with Crippen molar-refractivity contribution < 1.29 is 0 Å². The number of benzene rings is 2. The van der Waals surface area contributed by atoms with Gasteiger partial charge in [0.1, 0.15) is 0 Å². The van der Waals surface area contributed by atoms with Gasteiger partial charge < -0.3 is 0 Å². The summed E-state index contributed by atoms with van der Waals surface area (Å²) in [5, 5.41) is 0. The SMILES string of the molecule is CSc1ccc2c(c1)N(C)C1=[Te]2N(c2ccccc2)C=C1. The molecule has 4 rings (SSSR count). The summed E-state index contributed by atoms with van der Waals surface area (Å²) in [6, 6.07) is 17.7. The summed E-state index contributed by atoms with van der Waals surface area (Å²) in [5.41, 5.74) is 2.72. The first-order chi connectivity index (χ1) is 10.3. The Hall–Kier alpha value is -1.21. The predicted octanol–water partition coefficient (Wildman–Crippen LogP) is 2.80. The Labute approximate surface area is 136 Å². The third kappa shape index (κ3) is 2.05. The molecule has 2 aromatic carbocycles. The maximum absolute atomic E-state index is 2.53. The molecule has 0 amide bonds. The molecule has 0 saturated heterocycles. The van der Waals surface area contributed by atoms with E-state index >= 15 is 0 Å². The van der Waals surface area contributed by atoms with Crippen LogP contribution in [0.25, 0.3) is 0 Å². The van der Waals surface area contributed by atoms with E-state index in [1.165, 1.54) is 19.9 Å². The number of para-hydroxylation sites is 1. The molecule has 2 aliphatic heterocycles. The Morgan fingerprint density at radius 3 is 2.62 bits per heavy atom. The van der Waals surface area contributed by atoms with E-state index in [9.17, 15) is 0 Å². The summed E-state index contributed by atoms with van der Waals surface area (Å²) in [7, 11) is 2.21.